The lowest BCUT2D eigenvalue weighted by Crippen LogP contribution is -2.55. The zero-order valence-electron chi connectivity index (χ0n) is 19.6. The van der Waals surface area contributed by atoms with Crippen LogP contribution in [0.25, 0.3) is 11.1 Å². The summed E-state index contributed by atoms with van der Waals surface area (Å²) in [5.74, 6) is -2.15. The van der Waals surface area contributed by atoms with E-state index in [0.717, 1.165) is 22.3 Å². The highest BCUT2D eigenvalue weighted by atomic mass is 16.5. The third-order valence-corrected chi connectivity index (χ3v) is 6.95. The summed E-state index contributed by atoms with van der Waals surface area (Å²) in [5, 5.41) is 14.4. The summed E-state index contributed by atoms with van der Waals surface area (Å²) in [4.78, 5) is 50.0. The van der Waals surface area contributed by atoms with Crippen LogP contribution in [0.2, 0.25) is 0 Å². The number of carbonyl (C=O) groups excluding carboxylic acids is 3. The maximum Gasteiger partial charge on any atom is 0.407 e. The van der Waals surface area contributed by atoms with Gasteiger partial charge in [0.1, 0.15) is 18.7 Å². The second-order valence-electron chi connectivity index (χ2n) is 8.80. The van der Waals surface area contributed by atoms with Crippen LogP contribution in [0.1, 0.15) is 43.2 Å². The molecule has 3 amide bonds. The molecule has 0 bridgehead atoms. The summed E-state index contributed by atoms with van der Waals surface area (Å²) in [6.07, 6.45) is 0.555. The molecule has 0 saturated carbocycles. The van der Waals surface area contributed by atoms with Crippen molar-refractivity contribution in [1.82, 2.24) is 15.5 Å². The minimum Gasteiger partial charge on any atom is -0.479 e. The zero-order valence-corrected chi connectivity index (χ0v) is 19.6. The average Bonchev–Trinajstić information content (AvgIpc) is 3.45. The maximum atomic E-state index is 12.6. The summed E-state index contributed by atoms with van der Waals surface area (Å²) in [6, 6.07) is 16.0. The molecule has 1 fully saturated rings. The number of likely N-dealkylation sites (tertiary alicyclic amines) is 1. The maximum absolute atomic E-state index is 12.6. The van der Waals surface area contributed by atoms with Crippen LogP contribution in [0.5, 0.6) is 0 Å². The molecule has 2 aromatic rings. The van der Waals surface area contributed by atoms with Gasteiger partial charge in [0.25, 0.3) is 0 Å². The number of fused-ring (bicyclic) bond motifs is 3. The molecular formula is C26H29N3O6. The molecule has 1 atom stereocenters. The lowest BCUT2D eigenvalue weighted by Gasteiger charge is -2.33. The van der Waals surface area contributed by atoms with E-state index in [9.17, 15) is 24.3 Å². The van der Waals surface area contributed by atoms with Crippen molar-refractivity contribution in [3.63, 3.8) is 0 Å². The van der Waals surface area contributed by atoms with Crippen LogP contribution in [0.15, 0.2) is 48.5 Å². The Kier molecular flexibility index (Phi) is 7.04. The van der Waals surface area contributed by atoms with Crippen molar-refractivity contribution in [3.05, 3.63) is 59.7 Å². The van der Waals surface area contributed by atoms with E-state index in [4.69, 9.17) is 4.74 Å². The fourth-order valence-corrected chi connectivity index (χ4v) is 5.12. The molecule has 0 spiro atoms. The number of nitrogens with one attached hydrogen (secondary N) is 2. The van der Waals surface area contributed by atoms with Crippen LogP contribution >= 0.6 is 0 Å². The number of benzene rings is 2. The van der Waals surface area contributed by atoms with Gasteiger partial charge in [-0.05, 0) is 41.5 Å². The van der Waals surface area contributed by atoms with E-state index in [1.54, 1.807) is 6.92 Å². The molecule has 9 nitrogen and oxygen atoms in total. The van der Waals surface area contributed by atoms with Gasteiger partial charge in [0.2, 0.25) is 11.8 Å². The van der Waals surface area contributed by atoms with E-state index in [1.165, 1.54) is 4.90 Å². The SMILES string of the molecule is CCC1(C(=O)O)CCCN1C(=O)CNC(=O)CNC(=O)OCC1c2ccccc2-c2ccccc21. The number of amides is 3. The van der Waals surface area contributed by atoms with Gasteiger partial charge >= 0.3 is 12.1 Å². The van der Waals surface area contributed by atoms with Crippen LogP contribution in [0.4, 0.5) is 4.79 Å². The second kappa shape index (κ2) is 10.2. The Hall–Kier alpha value is -3.88. The first-order valence-corrected chi connectivity index (χ1v) is 11.8. The molecule has 0 aromatic heterocycles. The molecule has 1 aliphatic carbocycles. The van der Waals surface area contributed by atoms with Crippen molar-refractivity contribution in [3.8, 4) is 11.1 Å². The fraction of sp³-hybridized carbons (Fsp3) is 0.385. The summed E-state index contributed by atoms with van der Waals surface area (Å²) in [6.45, 7) is 1.51. The van der Waals surface area contributed by atoms with Gasteiger partial charge in [-0.15, -0.1) is 0 Å². The van der Waals surface area contributed by atoms with Gasteiger partial charge < -0.3 is 25.4 Å². The van der Waals surface area contributed by atoms with Gasteiger partial charge in [0, 0.05) is 12.5 Å². The molecule has 35 heavy (non-hydrogen) atoms. The highest BCUT2D eigenvalue weighted by molar-refractivity contribution is 5.91. The smallest absolute Gasteiger partial charge is 0.407 e. The first-order valence-electron chi connectivity index (χ1n) is 11.8. The number of hydrogen-bond donors (Lipinski definition) is 3. The van der Waals surface area contributed by atoms with Crippen molar-refractivity contribution in [1.29, 1.82) is 0 Å². The highest BCUT2D eigenvalue weighted by Gasteiger charge is 2.48. The number of nitrogens with zero attached hydrogens (tertiary/aromatic N) is 1. The number of ether oxygens (including phenoxy) is 1. The number of carboxylic acid groups (broad SMARTS) is 1. The number of carboxylic acids is 1. The Labute approximate surface area is 203 Å². The predicted octanol–water partition coefficient (Wildman–Crippen LogP) is 2.50. The minimum absolute atomic E-state index is 0.0897. The number of carbonyl (C=O) groups is 4. The predicted molar refractivity (Wildman–Crippen MR) is 128 cm³/mol. The van der Waals surface area contributed by atoms with Gasteiger partial charge in [0.05, 0.1) is 6.54 Å². The Bertz CT molecular complexity index is 1100. The van der Waals surface area contributed by atoms with Gasteiger partial charge in [-0.3, -0.25) is 9.59 Å². The van der Waals surface area contributed by atoms with E-state index < -0.39 is 29.4 Å². The van der Waals surface area contributed by atoms with Crippen LogP contribution in [0.3, 0.4) is 0 Å². The van der Waals surface area contributed by atoms with Crippen molar-refractivity contribution in [2.24, 2.45) is 0 Å². The van der Waals surface area contributed by atoms with E-state index in [-0.39, 0.29) is 25.6 Å². The molecule has 4 rings (SSSR count). The fourth-order valence-electron chi connectivity index (χ4n) is 5.12. The van der Waals surface area contributed by atoms with Crippen LogP contribution in [0, 0.1) is 0 Å². The van der Waals surface area contributed by atoms with Gasteiger partial charge in [0.15, 0.2) is 0 Å². The Balaban J connectivity index is 1.24. The van der Waals surface area contributed by atoms with E-state index in [0.29, 0.717) is 25.8 Å². The molecule has 1 aliphatic heterocycles. The summed E-state index contributed by atoms with van der Waals surface area (Å²) >= 11 is 0. The first-order chi connectivity index (χ1) is 16.9. The number of hydrogen-bond acceptors (Lipinski definition) is 5. The lowest BCUT2D eigenvalue weighted by atomic mass is 9.93. The molecule has 3 N–H and O–H groups in total. The molecule has 9 heteroatoms. The van der Waals surface area contributed by atoms with E-state index >= 15 is 0 Å². The van der Waals surface area contributed by atoms with Crippen molar-refractivity contribution in [2.75, 3.05) is 26.2 Å². The molecule has 2 aliphatic rings. The van der Waals surface area contributed by atoms with Crippen molar-refractivity contribution in [2.45, 2.75) is 37.6 Å². The van der Waals surface area contributed by atoms with Gasteiger partial charge in [-0.25, -0.2) is 9.59 Å². The quantitative estimate of drug-likeness (QED) is 0.534. The van der Waals surface area contributed by atoms with Crippen LogP contribution in [-0.4, -0.2) is 65.7 Å². The third kappa shape index (κ3) is 4.71. The number of aliphatic carboxylic acids is 1. The van der Waals surface area contributed by atoms with Gasteiger partial charge in [-0.1, -0.05) is 55.5 Å². The number of rotatable bonds is 8. The Morgan fingerprint density at radius 3 is 2.23 bits per heavy atom. The van der Waals surface area contributed by atoms with E-state index in [1.807, 2.05) is 48.5 Å². The van der Waals surface area contributed by atoms with Gasteiger partial charge in [-0.2, -0.15) is 0 Å². The topological polar surface area (TPSA) is 125 Å². The lowest BCUT2D eigenvalue weighted by molar-refractivity contribution is -0.156. The monoisotopic (exact) mass is 479 g/mol. The highest BCUT2D eigenvalue weighted by Crippen LogP contribution is 2.44. The largest absolute Gasteiger partial charge is 0.479 e. The summed E-state index contributed by atoms with van der Waals surface area (Å²) in [5.41, 5.74) is 3.19. The standard InChI is InChI=1S/C26H29N3O6/c1-2-26(24(32)33)12-7-13-29(26)23(31)15-27-22(30)14-28-25(34)35-16-21-19-10-5-3-8-17(19)18-9-4-6-11-20(18)21/h3-6,8-11,21H,2,7,12-16H2,1H3,(H,27,30)(H,28,34)(H,32,33). The molecule has 2 aromatic carbocycles. The second-order valence-corrected chi connectivity index (χ2v) is 8.80. The van der Waals surface area contributed by atoms with Crippen molar-refractivity contribution >= 4 is 23.9 Å². The Morgan fingerprint density at radius 1 is 1.00 bits per heavy atom. The molecule has 1 heterocycles. The molecular weight excluding hydrogens is 450 g/mol. The minimum atomic E-state index is -1.22. The van der Waals surface area contributed by atoms with E-state index in [2.05, 4.69) is 10.6 Å². The molecule has 0 radical (unpaired) electrons. The third-order valence-electron chi connectivity index (χ3n) is 6.95. The van der Waals surface area contributed by atoms with Crippen LogP contribution < -0.4 is 10.6 Å². The average molecular weight is 480 g/mol. The molecule has 184 valence electrons. The zero-order chi connectivity index (χ0) is 25.0. The molecule has 1 saturated heterocycles. The summed E-state index contributed by atoms with van der Waals surface area (Å²) in [7, 11) is 0. The molecule has 1 unspecified atom stereocenters. The Morgan fingerprint density at radius 2 is 1.63 bits per heavy atom. The normalized spacial score (nSPS) is 18.5. The van der Waals surface area contributed by atoms with Crippen molar-refractivity contribution < 1.29 is 29.0 Å². The summed E-state index contributed by atoms with van der Waals surface area (Å²) < 4.78 is 5.39. The van der Waals surface area contributed by atoms with Crippen LogP contribution in [-0.2, 0) is 19.1 Å². The number of alkyl carbamates (subject to hydrolysis) is 1. The first kappa shape index (κ1) is 24.3.